The second kappa shape index (κ2) is 5.69. The van der Waals surface area contributed by atoms with Crippen molar-refractivity contribution < 1.29 is 22.8 Å². The Kier molecular flexibility index (Phi) is 3.84. The van der Waals surface area contributed by atoms with Gasteiger partial charge in [0.15, 0.2) is 5.16 Å². The van der Waals surface area contributed by atoms with Crippen molar-refractivity contribution in [1.82, 2.24) is 15.2 Å². The maximum atomic E-state index is 12.8. The van der Waals surface area contributed by atoms with Gasteiger partial charge in [-0.1, -0.05) is 17.8 Å². The summed E-state index contributed by atoms with van der Waals surface area (Å²) in [5, 5.41) is 5.80. The number of halogens is 3. The molecule has 1 saturated heterocycles. The van der Waals surface area contributed by atoms with Gasteiger partial charge in [-0.25, -0.2) is 9.88 Å². The van der Waals surface area contributed by atoms with Crippen LogP contribution in [0.1, 0.15) is 12.0 Å². The highest BCUT2D eigenvalue weighted by Crippen LogP contribution is 2.35. The molecule has 1 aromatic carbocycles. The van der Waals surface area contributed by atoms with E-state index in [1.165, 1.54) is 12.4 Å². The SMILES string of the molecule is O=C1C[C@H](Sc2ncn[nH]2)C(=O)N1c1cccc(C(F)(F)F)c1. The van der Waals surface area contributed by atoms with E-state index >= 15 is 0 Å². The van der Waals surface area contributed by atoms with Crippen molar-refractivity contribution >= 4 is 29.3 Å². The first-order valence-electron chi connectivity index (χ1n) is 6.42. The summed E-state index contributed by atoms with van der Waals surface area (Å²) in [4.78, 5) is 29.0. The van der Waals surface area contributed by atoms with Crippen LogP contribution in [-0.4, -0.2) is 32.2 Å². The Bertz CT molecular complexity index is 748. The number of carbonyl (C=O) groups excluding carboxylic acids is 2. The molecule has 1 N–H and O–H groups in total. The zero-order valence-corrected chi connectivity index (χ0v) is 12.2. The molecule has 1 aliphatic rings. The van der Waals surface area contributed by atoms with Crippen LogP contribution in [0.15, 0.2) is 35.7 Å². The monoisotopic (exact) mass is 342 g/mol. The number of amides is 2. The number of aromatic amines is 1. The van der Waals surface area contributed by atoms with Gasteiger partial charge in [0.05, 0.1) is 11.3 Å². The predicted molar refractivity (Wildman–Crippen MR) is 74.6 cm³/mol. The zero-order valence-electron chi connectivity index (χ0n) is 11.4. The number of nitrogens with zero attached hydrogens (tertiary/aromatic N) is 3. The molecule has 0 bridgehead atoms. The van der Waals surface area contributed by atoms with E-state index in [0.717, 1.165) is 34.9 Å². The van der Waals surface area contributed by atoms with Gasteiger partial charge in [0.1, 0.15) is 11.6 Å². The second-order valence-corrected chi connectivity index (χ2v) is 5.91. The maximum Gasteiger partial charge on any atom is 0.416 e. The fourth-order valence-corrected chi connectivity index (χ4v) is 3.09. The van der Waals surface area contributed by atoms with Crippen LogP contribution in [-0.2, 0) is 15.8 Å². The summed E-state index contributed by atoms with van der Waals surface area (Å²) >= 11 is 1.01. The number of anilines is 1. The lowest BCUT2D eigenvalue weighted by Gasteiger charge is -2.16. The summed E-state index contributed by atoms with van der Waals surface area (Å²) in [7, 11) is 0. The summed E-state index contributed by atoms with van der Waals surface area (Å²) < 4.78 is 38.3. The molecule has 1 aliphatic heterocycles. The van der Waals surface area contributed by atoms with Crippen molar-refractivity contribution in [2.75, 3.05) is 4.90 Å². The van der Waals surface area contributed by atoms with Crippen LogP contribution in [0.4, 0.5) is 18.9 Å². The Morgan fingerprint density at radius 1 is 1.30 bits per heavy atom. The van der Waals surface area contributed by atoms with Gasteiger partial charge in [-0.05, 0) is 18.2 Å². The van der Waals surface area contributed by atoms with Gasteiger partial charge in [-0.15, -0.1) is 0 Å². The van der Waals surface area contributed by atoms with E-state index in [1.807, 2.05) is 0 Å². The molecule has 6 nitrogen and oxygen atoms in total. The Morgan fingerprint density at radius 2 is 2.09 bits per heavy atom. The lowest BCUT2D eigenvalue weighted by atomic mass is 10.2. The van der Waals surface area contributed by atoms with Gasteiger partial charge >= 0.3 is 6.18 Å². The largest absolute Gasteiger partial charge is 0.416 e. The highest BCUT2D eigenvalue weighted by molar-refractivity contribution is 8.00. The Morgan fingerprint density at radius 3 is 2.74 bits per heavy atom. The van der Waals surface area contributed by atoms with E-state index in [1.54, 1.807) is 0 Å². The molecule has 23 heavy (non-hydrogen) atoms. The molecule has 0 radical (unpaired) electrons. The summed E-state index contributed by atoms with van der Waals surface area (Å²) in [5.41, 5.74) is -1.00. The third kappa shape index (κ3) is 3.07. The van der Waals surface area contributed by atoms with Gasteiger partial charge in [0.2, 0.25) is 11.8 Å². The smallest absolute Gasteiger partial charge is 0.274 e. The van der Waals surface area contributed by atoms with Gasteiger partial charge < -0.3 is 0 Å². The van der Waals surface area contributed by atoms with E-state index in [0.29, 0.717) is 5.16 Å². The number of thioether (sulfide) groups is 1. The van der Waals surface area contributed by atoms with E-state index in [2.05, 4.69) is 15.2 Å². The number of imide groups is 1. The quantitative estimate of drug-likeness (QED) is 0.866. The first-order valence-corrected chi connectivity index (χ1v) is 7.30. The third-order valence-electron chi connectivity index (χ3n) is 3.18. The fourth-order valence-electron chi connectivity index (χ4n) is 2.17. The summed E-state index contributed by atoms with van der Waals surface area (Å²) in [6, 6.07) is 4.13. The minimum absolute atomic E-state index is 0.0875. The van der Waals surface area contributed by atoms with Crippen molar-refractivity contribution in [1.29, 1.82) is 0 Å². The van der Waals surface area contributed by atoms with Gasteiger partial charge in [0.25, 0.3) is 0 Å². The lowest BCUT2D eigenvalue weighted by Crippen LogP contribution is -2.31. The molecule has 2 heterocycles. The number of rotatable bonds is 3. The van der Waals surface area contributed by atoms with Gasteiger partial charge in [0, 0.05) is 6.42 Å². The molecular weight excluding hydrogens is 333 g/mol. The van der Waals surface area contributed by atoms with E-state index in [9.17, 15) is 22.8 Å². The molecule has 10 heteroatoms. The van der Waals surface area contributed by atoms with Crippen LogP contribution in [0.25, 0.3) is 0 Å². The molecule has 3 rings (SSSR count). The lowest BCUT2D eigenvalue weighted by molar-refractivity contribution is -0.137. The molecule has 2 aromatic rings. The number of H-pyrrole nitrogens is 1. The minimum atomic E-state index is -4.55. The number of carbonyl (C=O) groups is 2. The van der Waals surface area contributed by atoms with E-state index in [4.69, 9.17) is 0 Å². The van der Waals surface area contributed by atoms with E-state index < -0.39 is 28.8 Å². The van der Waals surface area contributed by atoms with Crippen LogP contribution >= 0.6 is 11.8 Å². The second-order valence-electron chi connectivity index (χ2n) is 4.72. The zero-order chi connectivity index (χ0) is 16.6. The summed E-state index contributed by atoms with van der Waals surface area (Å²) in [5.74, 6) is -1.12. The Balaban J connectivity index is 1.86. The maximum absolute atomic E-state index is 12.8. The molecule has 0 unspecified atom stereocenters. The Labute approximate surface area is 132 Å². The number of aromatic nitrogens is 3. The molecule has 1 fully saturated rings. The molecule has 1 atom stereocenters. The minimum Gasteiger partial charge on any atom is -0.274 e. The van der Waals surface area contributed by atoms with Crippen molar-refractivity contribution in [2.45, 2.75) is 23.0 Å². The Hall–Kier alpha value is -2.36. The third-order valence-corrected chi connectivity index (χ3v) is 4.26. The molecule has 1 aromatic heterocycles. The normalized spacial score (nSPS) is 18.7. The number of alkyl halides is 3. The van der Waals surface area contributed by atoms with E-state index in [-0.39, 0.29) is 12.1 Å². The molecule has 0 spiro atoms. The first kappa shape index (κ1) is 15.5. The van der Waals surface area contributed by atoms with Crippen molar-refractivity contribution in [3.8, 4) is 0 Å². The first-order chi connectivity index (χ1) is 10.9. The predicted octanol–water partition coefficient (Wildman–Crippen LogP) is 2.25. The number of hydrogen-bond donors (Lipinski definition) is 1. The number of hydrogen-bond acceptors (Lipinski definition) is 5. The highest BCUT2D eigenvalue weighted by atomic mass is 32.2. The van der Waals surface area contributed by atoms with Crippen LogP contribution in [0.3, 0.4) is 0 Å². The fraction of sp³-hybridized carbons (Fsp3) is 0.231. The topological polar surface area (TPSA) is 79.0 Å². The molecular formula is C13H9F3N4O2S. The van der Waals surface area contributed by atoms with Gasteiger partial charge in [-0.2, -0.15) is 18.3 Å². The van der Waals surface area contributed by atoms with Crippen molar-refractivity contribution in [3.63, 3.8) is 0 Å². The highest BCUT2D eigenvalue weighted by Gasteiger charge is 2.41. The average molecular weight is 342 g/mol. The molecule has 0 aliphatic carbocycles. The molecule has 2 amide bonds. The summed E-state index contributed by atoms with van der Waals surface area (Å²) in [6.07, 6.45) is -3.40. The molecule has 0 saturated carbocycles. The van der Waals surface area contributed by atoms with Gasteiger partial charge in [-0.3, -0.25) is 14.7 Å². The molecule has 120 valence electrons. The number of benzene rings is 1. The van der Waals surface area contributed by atoms with Crippen LogP contribution < -0.4 is 4.90 Å². The van der Waals surface area contributed by atoms with Crippen LogP contribution in [0.5, 0.6) is 0 Å². The van der Waals surface area contributed by atoms with Crippen LogP contribution in [0.2, 0.25) is 0 Å². The summed E-state index contributed by atoms with van der Waals surface area (Å²) in [6.45, 7) is 0. The van der Waals surface area contributed by atoms with Crippen molar-refractivity contribution in [2.24, 2.45) is 0 Å². The standard InChI is InChI=1S/C13H9F3N4O2S/c14-13(15,16)7-2-1-3-8(4-7)20-10(21)5-9(11(20)22)23-12-17-6-18-19-12/h1-4,6,9H,5H2,(H,17,18,19)/t9-/m0/s1. The van der Waals surface area contributed by atoms with Crippen LogP contribution in [0, 0.1) is 0 Å². The number of nitrogens with one attached hydrogen (secondary N) is 1. The average Bonchev–Trinajstić information content (AvgIpc) is 3.08. The van der Waals surface area contributed by atoms with Crippen molar-refractivity contribution in [3.05, 3.63) is 36.2 Å².